The van der Waals surface area contributed by atoms with Gasteiger partial charge in [0.2, 0.25) is 5.91 Å². The number of likely N-dealkylation sites (N-methyl/N-ethyl adjacent to an activating group) is 1. The van der Waals surface area contributed by atoms with E-state index in [1.165, 1.54) is 4.90 Å². The van der Waals surface area contributed by atoms with Gasteiger partial charge in [0.05, 0.1) is 34.3 Å². The van der Waals surface area contributed by atoms with Gasteiger partial charge in [-0.05, 0) is 31.4 Å². The summed E-state index contributed by atoms with van der Waals surface area (Å²) in [6.45, 7) is 4.20. The third-order valence-electron chi connectivity index (χ3n) is 4.54. The molecule has 0 fully saturated rings. The Hall–Kier alpha value is -3.53. The Morgan fingerprint density at radius 1 is 1.33 bits per heavy atom. The molecule has 4 aromatic heterocycles. The fourth-order valence-corrected chi connectivity index (χ4v) is 3.79. The molecule has 0 aliphatic rings. The molecule has 0 aromatic carbocycles. The Morgan fingerprint density at radius 3 is 2.83 bits per heavy atom. The van der Waals surface area contributed by atoms with Crippen LogP contribution in [0.15, 0.2) is 40.4 Å². The molecule has 0 radical (unpaired) electrons. The molecule has 4 aromatic rings. The molecule has 30 heavy (non-hydrogen) atoms. The summed E-state index contributed by atoms with van der Waals surface area (Å²) in [4.78, 5) is 32.6. The number of aryl methyl sites for hydroxylation is 2. The monoisotopic (exact) mass is 424 g/mol. The molecule has 0 saturated heterocycles. The minimum Gasteiger partial charge on any atom is -0.360 e. The van der Waals surface area contributed by atoms with Crippen molar-refractivity contribution in [2.75, 3.05) is 18.9 Å². The van der Waals surface area contributed by atoms with Crippen LogP contribution in [0.5, 0.6) is 0 Å². The summed E-state index contributed by atoms with van der Waals surface area (Å²) in [5.41, 5.74) is 1.80. The predicted molar refractivity (Wildman–Crippen MR) is 113 cm³/mol. The van der Waals surface area contributed by atoms with E-state index >= 15 is 0 Å². The van der Waals surface area contributed by atoms with Crippen LogP contribution >= 0.6 is 11.3 Å². The molecular formula is C20H20N6O3S. The molecule has 0 saturated carbocycles. The standard InChI is InChI=1S/C20H20N6O3S/c1-4-26-19-14(10-21-26)13(9-15(22-19)16-6-5-7-30-16)20(28)25(3)11-18(27)23-17-8-12(2)29-24-17/h5-10H,4,11H2,1-3H3,(H,23,24,27). The predicted octanol–water partition coefficient (Wildman–Crippen LogP) is 3.19. The maximum Gasteiger partial charge on any atom is 0.254 e. The molecule has 154 valence electrons. The van der Waals surface area contributed by atoms with Gasteiger partial charge < -0.3 is 14.7 Å². The molecule has 1 N–H and O–H groups in total. The van der Waals surface area contributed by atoms with Gasteiger partial charge in [-0.25, -0.2) is 9.67 Å². The Balaban J connectivity index is 1.63. The summed E-state index contributed by atoms with van der Waals surface area (Å²) >= 11 is 1.55. The maximum absolute atomic E-state index is 13.2. The third-order valence-corrected chi connectivity index (χ3v) is 5.43. The Bertz CT molecular complexity index is 1210. The second-order valence-electron chi connectivity index (χ2n) is 6.76. The van der Waals surface area contributed by atoms with Gasteiger partial charge in [-0.1, -0.05) is 11.2 Å². The molecule has 2 amide bonds. The van der Waals surface area contributed by atoms with E-state index < -0.39 is 0 Å². The number of amides is 2. The third kappa shape index (κ3) is 3.81. The summed E-state index contributed by atoms with van der Waals surface area (Å²) < 4.78 is 6.69. The smallest absolute Gasteiger partial charge is 0.254 e. The van der Waals surface area contributed by atoms with Crippen molar-refractivity contribution in [2.24, 2.45) is 0 Å². The molecule has 0 unspecified atom stereocenters. The SMILES string of the molecule is CCn1ncc2c(C(=O)N(C)CC(=O)Nc3cc(C)on3)cc(-c3cccs3)nc21. The number of hydrogen-bond donors (Lipinski definition) is 1. The van der Waals surface area contributed by atoms with Crippen LogP contribution in [0, 0.1) is 6.92 Å². The van der Waals surface area contributed by atoms with E-state index in [4.69, 9.17) is 9.51 Å². The molecule has 9 nitrogen and oxygen atoms in total. The Labute approximate surface area is 176 Å². The first-order valence-corrected chi connectivity index (χ1v) is 10.2. The molecule has 0 atom stereocenters. The summed E-state index contributed by atoms with van der Waals surface area (Å²) in [6, 6.07) is 7.26. The summed E-state index contributed by atoms with van der Waals surface area (Å²) in [6.07, 6.45) is 1.64. The number of nitrogens with one attached hydrogen (secondary N) is 1. The van der Waals surface area contributed by atoms with Crippen molar-refractivity contribution in [1.82, 2.24) is 24.8 Å². The minimum absolute atomic E-state index is 0.134. The fraction of sp³-hybridized carbons (Fsp3) is 0.250. The number of aromatic nitrogens is 4. The van der Waals surface area contributed by atoms with E-state index in [1.807, 2.05) is 24.4 Å². The van der Waals surface area contributed by atoms with Crippen LogP contribution in [0.2, 0.25) is 0 Å². The lowest BCUT2D eigenvalue weighted by Gasteiger charge is -2.17. The van der Waals surface area contributed by atoms with Gasteiger partial charge in [0, 0.05) is 19.7 Å². The first kappa shape index (κ1) is 19.8. The number of carbonyl (C=O) groups excluding carboxylic acids is 2. The second-order valence-corrected chi connectivity index (χ2v) is 7.71. The van der Waals surface area contributed by atoms with E-state index in [-0.39, 0.29) is 18.4 Å². The van der Waals surface area contributed by atoms with Gasteiger partial charge in [0.15, 0.2) is 11.5 Å². The zero-order chi connectivity index (χ0) is 21.3. The summed E-state index contributed by atoms with van der Waals surface area (Å²) in [5, 5.41) is 13.3. The van der Waals surface area contributed by atoms with Crippen molar-refractivity contribution in [2.45, 2.75) is 20.4 Å². The molecule has 0 spiro atoms. The number of thiophene rings is 1. The van der Waals surface area contributed by atoms with Gasteiger partial charge in [-0.2, -0.15) is 5.10 Å². The lowest BCUT2D eigenvalue weighted by molar-refractivity contribution is -0.116. The van der Waals surface area contributed by atoms with Crippen LogP contribution in [0.3, 0.4) is 0 Å². The van der Waals surface area contributed by atoms with Gasteiger partial charge in [-0.3, -0.25) is 9.59 Å². The van der Waals surface area contributed by atoms with E-state index in [0.717, 1.165) is 4.88 Å². The fourth-order valence-electron chi connectivity index (χ4n) is 3.11. The van der Waals surface area contributed by atoms with E-state index in [0.29, 0.717) is 40.4 Å². The number of fused-ring (bicyclic) bond motifs is 1. The maximum atomic E-state index is 13.2. The highest BCUT2D eigenvalue weighted by atomic mass is 32.1. The molecular weight excluding hydrogens is 404 g/mol. The van der Waals surface area contributed by atoms with Crippen LogP contribution in [-0.4, -0.2) is 50.2 Å². The first-order valence-electron chi connectivity index (χ1n) is 9.35. The van der Waals surface area contributed by atoms with Gasteiger partial charge >= 0.3 is 0 Å². The van der Waals surface area contributed by atoms with E-state index in [1.54, 1.807) is 48.3 Å². The number of anilines is 1. The lowest BCUT2D eigenvalue weighted by Crippen LogP contribution is -2.35. The van der Waals surface area contributed by atoms with E-state index in [9.17, 15) is 9.59 Å². The van der Waals surface area contributed by atoms with Crippen LogP contribution in [0.4, 0.5) is 5.82 Å². The average molecular weight is 424 g/mol. The van der Waals surface area contributed by atoms with Crippen molar-refractivity contribution in [1.29, 1.82) is 0 Å². The molecule has 10 heteroatoms. The number of nitrogens with zero attached hydrogens (tertiary/aromatic N) is 5. The summed E-state index contributed by atoms with van der Waals surface area (Å²) in [7, 11) is 1.58. The number of hydrogen-bond acceptors (Lipinski definition) is 7. The minimum atomic E-state index is -0.368. The zero-order valence-corrected chi connectivity index (χ0v) is 17.6. The highest BCUT2D eigenvalue weighted by Crippen LogP contribution is 2.28. The van der Waals surface area contributed by atoms with Crippen molar-refractivity contribution >= 4 is 40.0 Å². The lowest BCUT2D eigenvalue weighted by atomic mass is 10.1. The topological polar surface area (TPSA) is 106 Å². The van der Waals surface area contributed by atoms with Crippen LogP contribution < -0.4 is 5.32 Å². The average Bonchev–Trinajstić information content (AvgIpc) is 3.47. The van der Waals surface area contributed by atoms with Crippen LogP contribution in [0.25, 0.3) is 21.6 Å². The zero-order valence-electron chi connectivity index (χ0n) is 16.7. The van der Waals surface area contributed by atoms with Crippen molar-refractivity contribution in [3.63, 3.8) is 0 Å². The molecule has 4 heterocycles. The summed E-state index contributed by atoms with van der Waals surface area (Å²) in [5.74, 6) is 0.242. The molecule has 0 bridgehead atoms. The molecule has 0 aliphatic carbocycles. The van der Waals surface area contributed by atoms with Crippen molar-refractivity contribution in [3.8, 4) is 10.6 Å². The van der Waals surface area contributed by atoms with Crippen LogP contribution in [0.1, 0.15) is 23.0 Å². The number of pyridine rings is 1. The van der Waals surface area contributed by atoms with Gasteiger partial charge in [-0.15, -0.1) is 11.3 Å². The second kappa shape index (κ2) is 8.07. The quantitative estimate of drug-likeness (QED) is 0.509. The van der Waals surface area contributed by atoms with Crippen molar-refractivity contribution < 1.29 is 14.1 Å². The number of rotatable bonds is 6. The van der Waals surface area contributed by atoms with Gasteiger partial charge in [0.25, 0.3) is 5.91 Å². The highest BCUT2D eigenvalue weighted by Gasteiger charge is 2.22. The van der Waals surface area contributed by atoms with Crippen LogP contribution in [-0.2, 0) is 11.3 Å². The van der Waals surface area contributed by atoms with E-state index in [2.05, 4.69) is 15.6 Å². The molecule has 0 aliphatic heterocycles. The molecule has 4 rings (SSSR count). The Morgan fingerprint density at radius 2 is 2.17 bits per heavy atom. The van der Waals surface area contributed by atoms with Gasteiger partial charge in [0.1, 0.15) is 5.76 Å². The van der Waals surface area contributed by atoms with Crippen molar-refractivity contribution in [3.05, 3.63) is 47.2 Å². The Kier molecular flexibility index (Phi) is 5.32. The highest BCUT2D eigenvalue weighted by molar-refractivity contribution is 7.13. The largest absolute Gasteiger partial charge is 0.360 e. The normalized spacial score (nSPS) is 11.0. The first-order chi connectivity index (χ1) is 14.5. The number of carbonyl (C=O) groups is 2.